The van der Waals surface area contributed by atoms with E-state index in [-0.39, 0.29) is 11.9 Å². The van der Waals surface area contributed by atoms with Crippen molar-refractivity contribution >= 4 is 17.5 Å². The molecule has 0 aliphatic rings. The zero-order chi connectivity index (χ0) is 19.1. The van der Waals surface area contributed by atoms with Crippen molar-refractivity contribution in [2.45, 2.75) is 46.6 Å². The third-order valence-electron chi connectivity index (χ3n) is 4.79. The molecule has 26 heavy (non-hydrogen) atoms. The van der Waals surface area contributed by atoms with Crippen LogP contribution in [0, 0.1) is 13.8 Å². The number of aromatic nitrogens is 1. The van der Waals surface area contributed by atoms with Crippen molar-refractivity contribution in [3.05, 3.63) is 51.9 Å². The average molecular weight is 378 g/mol. The number of rotatable bonds is 9. The number of aryl methyl sites for hydroxylation is 2. The number of likely N-dealkylation sites (N-methyl/N-ethyl adjacent to an activating group) is 1. The topological polar surface area (TPSA) is 58.4 Å². The molecule has 5 nitrogen and oxygen atoms in total. The highest BCUT2D eigenvalue weighted by molar-refractivity contribution is 6.31. The van der Waals surface area contributed by atoms with Crippen LogP contribution in [0.5, 0.6) is 0 Å². The van der Waals surface area contributed by atoms with E-state index in [4.69, 9.17) is 16.1 Å². The SMILES string of the molecule is CCN(CC)[C@@H](CNC(=O)CCc1c(C)noc1C)c1ccccc1Cl. The fourth-order valence-corrected chi connectivity index (χ4v) is 3.50. The molecule has 0 saturated carbocycles. The van der Waals surface area contributed by atoms with Crippen molar-refractivity contribution in [1.29, 1.82) is 0 Å². The normalized spacial score (nSPS) is 12.4. The summed E-state index contributed by atoms with van der Waals surface area (Å²) in [4.78, 5) is 14.7. The summed E-state index contributed by atoms with van der Waals surface area (Å²) in [5, 5.41) is 7.73. The van der Waals surface area contributed by atoms with E-state index < -0.39 is 0 Å². The van der Waals surface area contributed by atoms with Crippen LogP contribution in [-0.4, -0.2) is 35.6 Å². The third-order valence-corrected chi connectivity index (χ3v) is 5.14. The van der Waals surface area contributed by atoms with Crippen LogP contribution in [0.25, 0.3) is 0 Å². The predicted molar refractivity (Wildman–Crippen MR) is 104 cm³/mol. The standard InChI is InChI=1S/C20H28ClN3O2/c1-5-24(6-2)19(17-9-7-8-10-18(17)21)13-22-20(25)12-11-16-14(3)23-26-15(16)4/h7-10,19H,5-6,11-13H2,1-4H3,(H,22,25)/t19-/m0/s1. The van der Waals surface area contributed by atoms with Gasteiger partial charge in [-0.05, 0) is 45.0 Å². The monoisotopic (exact) mass is 377 g/mol. The van der Waals surface area contributed by atoms with Crippen LogP contribution in [0.3, 0.4) is 0 Å². The second-order valence-corrected chi connectivity index (χ2v) is 6.77. The fraction of sp³-hybridized carbons (Fsp3) is 0.500. The van der Waals surface area contributed by atoms with Gasteiger partial charge in [0.15, 0.2) is 0 Å². The average Bonchev–Trinajstić information content (AvgIpc) is 2.95. The van der Waals surface area contributed by atoms with Gasteiger partial charge in [-0.15, -0.1) is 0 Å². The second-order valence-electron chi connectivity index (χ2n) is 6.37. The lowest BCUT2D eigenvalue weighted by Gasteiger charge is -2.31. The summed E-state index contributed by atoms with van der Waals surface area (Å²) in [5.41, 5.74) is 2.92. The van der Waals surface area contributed by atoms with Crippen LogP contribution in [-0.2, 0) is 11.2 Å². The Morgan fingerprint density at radius 2 is 1.96 bits per heavy atom. The van der Waals surface area contributed by atoms with Crippen molar-refractivity contribution in [3.8, 4) is 0 Å². The molecule has 1 N–H and O–H groups in total. The Hall–Kier alpha value is -1.85. The molecular weight excluding hydrogens is 350 g/mol. The first-order valence-corrected chi connectivity index (χ1v) is 9.52. The van der Waals surface area contributed by atoms with Crippen LogP contribution in [0.1, 0.15) is 48.9 Å². The Morgan fingerprint density at radius 1 is 1.27 bits per heavy atom. The van der Waals surface area contributed by atoms with E-state index in [2.05, 4.69) is 29.2 Å². The van der Waals surface area contributed by atoms with Gasteiger partial charge in [0, 0.05) is 23.6 Å². The van der Waals surface area contributed by atoms with E-state index in [9.17, 15) is 4.79 Å². The number of benzene rings is 1. The number of nitrogens with one attached hydrogen (secondary N) is 1. The molecular formula is C20H28ClN3O2. The Labute approximate surface area is 160 Å². The van der Waals surface area contributed by atoms with Crippen molar-refractivity contribution in [2.24, 2.45) is 0 Å². The lowest BCUT2D eigenvalue weighted by molar-refractivity contribution is -0.121. The second kappa shape index (κ2) is 9.74. The van der Waals surface area contributed by atoms with Gasteiger partial charge in [-0.3, -0.25) is 9.69 Å². The third kappa shape index (κ3) is 5.08. The predicted octanol–water partition coefficient (Wildman–Crippen LogP) is 4.08. The Balaban J connectivity index is 2.00. The van der Waals surface area contributed by atoms with Gasteiger partial charge in [-0.2, -0.15) is 0 Å². The summed E-state index contributed by atoms with van der Waals surface area (Å²) in [6.45, 7) is 10.3. The van der Waals surface area contributed by atoms with Gasteiger partial charge < -0.3 is 9.84 Å². The minimum absolute atomic E-state index is 0.0224. The minimum atomic E-state index is 0.0224. The van der Waals surface area contributed by atoms with Crippen molar-refractivity contribution in [3.63, 3.8) is 0 Å². The minimum Gasteiger partial charge on any atom is -0.361 e. The highest BCUT2D eigenvalue weighted by Crippen LogP contribution is 2.27. The smallest absolute Gasteiger partial charge is 0.220 e. The van der Waals surface area contributed by atoms with Gasteiger partial charge >= 0.3 is 0 Å². The van der Waals surface area contributed by atoms with Gasteiger partial charge in [0.05, 0.1) is 11.7 Å². The zero-order valence-corrected chi connectivity index (χ0v) is 16.8. The summed E-state index contributed by atoms with van der Waals surface area (Å²) < 4.78 is 5.15. The number of carbonyl (C=O) groups excluding carboxylic acids is 1. The number of nitrogens with zero attached hydrogens (tertiary/aromatic N) is 2. The van der Waals surface area contributed by atoms with Gasteiger partial charge in [-0.1, -0.05) is 48.8 Å². The summed E-state index contributed by atoms with van der Waals surface area (Å²) >= 11 is 6.40. The molecule has 1 aromatic heterocycles. The van der Waals surface area contributed by atoms with Crippen LogP contribution in [0.15, 0.2) is 28.8 Å². The van der Waals surface area contributed by atoms with E-state index in [1.807, 2.05) is 38.1 Å². The summed E-state index contributed by atoms with van der Waals surface area (Å²) in [5.74, 6) is 0.807. The number of carbonyl (C=O) groups is 1. The number of amides is 1. The largest absolute Gasteiger partial charge is 0.361 e. The molecule has 2 rings (SSSR count). The molecule has 0 saturated heterocycles. The summed E-state index contributed by atoms with van der Waals surface area (Å²) in [6, 6.07) is 7.89. The van der Waals surface area contributed by atoms with E-state index >= 15 is 0 Å². The molecule has 0 bridgehead atoms. The number of hydrogen-bond donors (Lipinski definition) is 1. The molecule has 1 atom stereocenters. The van der Waals surface area contributed by atoms with E-state index in [0.29, 0.717) is 19.4 Å². The summed E-state index contributed by atoms with van der Waals surface area (Å²) in [6.07, 6.45) is 1.05. The molecule has 0 spiro atoms. The molecule has 1 amide bonds. The lowest BCUT2D eigenvalue weighted by Crippen LogP contribution is -2.38. The first kappa shape index (κ1) is 20.5. The molecule has 1 aromatic carbocycles. The molecule has 0 unspecified atom stereocenters. The highest BCUT2D eigenvalue weighted by atomic mass is 35.5. The van der Waals surface area contributed by atoms with Gasteiger partial charge in [0.1, 0.15) is 5.76 Å². The Kier molecular flexibility index (Phi) is 7.66. The quantitative estimate of drug-likeness (QED) is 0.715. The fourth-order valence-electron chi connectivity index (χ4n) is 3.24. The maximum absolute atomic E-state index is 12.4. The molecule has 2 aromatic rings. The van der Waals surface area contributed by atoms with Crippen LogP contribution < -0.4 is 5.32 Å². The molecule has 0 radical (unpaired) electrons. The Bertz CT molecular complexity index is 706. The molecule has 0 aliphatic carbocycles. The van der Waals surface area contributed by atoms with Crippen LogP contribution in [0.4, 0.5) is 0 Å². The molecule has 0 fully saturated rings. The number of halogens is 1. The van der Waals surface area contributed by atoms with Crippen LogP contribution >= 0.6 is 11.6 Å². The first-order valence-electron chi connectivity index (χ1n) is 9.14. The summed E-state index contributed by atoms with van der Waals surface area (Å²) in [7, 11) is 0. The Morgan fingerprint density at radius 3 is 2.54 bits per heavy atom. The molecule has 1 heterocycles. The number of hydrogen-bond acceptors (Lipinski definition) is 4. The molecule has 0 aliphatic heterocycles. The van der Waals surface area contributed by atoms with Crippen molar-refractivity contribution in [2.75, 3.05) is 19.6 Å². The molecule has 142 valence electrons. The van der Waals surface area contributed by atoms with Crippen molar-refractivity contribution < 1.29 is 9.32 Å². The maximum Gasteiger partial charge on any atom is 0.220 e. The maximum atomic E-state index is 12.4. The first-order chi connectivity index (χ1) is 12.5. The van der Waals surface area contributed by atoms with Gasteiger partial charge in [-0.25, -0.2) is 0 Å². The van der Waals surface area contributed by atoms with E-state index in [0.717, 1.165) is 40.7 Å². The highest BCUT2D eigenvalue weighted by Gasteiger charge is 2.21. The van der Waals surface area contributed by atoms with Crippen molar-refractivity contribution in [1.82, 2.24) is 15.4 Å². The van der Waals surface area contributed by atoms with E-state index in [1.165, 1.54) is 0 Å². The lowest BCUT2D eigenvalue weighted by atomic mass is 10.0. The van der Waals surface area contributed by atoms with E-state index in [1.54, 1.807) is 0 Å². The van der Waals surface area contributed by atoms with Gasteiger partial charge in [0.25, 0.3) is 0 Å². The van der Waals surface area contributed by atoms with Gasteiger partial charge in [0.2, 0.25) is 5.91 Å². The zero-order valence-electron chi connectivity index (χ0n) is 16.0. The van der Waals surface area contributed by atoms with Crippen LogP contribution in [0.2, 0.25) is 5.02 Å². The molecule has 6 heteroatoms.